The Hall–Kier alpha value is -1.17. The van der Waals surface area contributed by atoms with E-state index in [-0.39, 0.29) is 12.4 Å². The van der Waals surface area contributed by atoms with Crippen LogP contribution in [0.1, 0.15) is 30.7 Å². The van der Waals surface area contributed by atoms with E-state index in [2.05, 4.69) is 11.1 Å². The summed E-state index contributed by atoms with van der Waals surface area (Å²) < 4.78 is 1.23. The lowest BCUT2D eigenvalue weighted by Crippen LogP contribution is -2.33. The van der Waals surface area contributed by atoms with E-state index in [1.54, 1.807) is 11.3 Å². The van der Waals surface area contributed by atoms with Crippen LogP contribution in [0.3, 0.4) is 0 Å². The first-order valence-electron chi connectivity index (χ1n) is 8.58. The van der Waals surface area contributed by atoms with E-state index in [9.17, 15) is 4.79 Å². The molecule has 2 heterocycles. The molecule has 1 aromatic carbocycles. The number of carbonyl (C=O) groups excluding carboxylic acids is 1. The average molecular weight is 366 g/mol. The number of likely N-dealkylation sites (tertiary alicyclic amines) is 1. The van der Waals surface area contributed by atoms with E-state index < -0.39 is 0 Å². The summed E-state index contributed by atoms with van der Waals surface area (Å²) in [6.45, 7) is 1.81. The van der Waals surface area contributed by atoms with Gasteiger partial charge in [-0.25, -0.2) is 4.98 Å². The molecule has 2 N–H and O–H groups in total. The first-order chi connectivity index (χ1) is 11.2. The smallest absolute Gasteiger partial charge is 0.222 e. The zero-order valence-corrected chi connectivity index (χ0v) is 15.3. The number of benzene rings is 1. The minimum atomic E-state index is 0. The number of nitrogens with two attached hydrogens (primary N) is 1. The lowest BCUT2D eigenvalue weighted by atomic mass is 9.98. The van der Waals surface area contributed by atoms with Gasteiger partial charge in [-0.15, -0.1) is 23.7 Å². The van der Waals surface area contributed by atoms with Gasteiger partial charge in [-0.2, -0.15) is 0 Å². The second-order valence-electron chi connectivity index (χ2n) is 6.89. The Balaban J connectivity index is 0.00000169. The van der Waals surface area contributed by atoms with Crippen molar-refractivity contribution in [3.63, 3.8) is 0 Å². The third kappa shape index (κ3) is 3.44. The Morgan fingerprint density at radius 3 is 2.92 bits per heavy atom. The molecule has 1 aliphatic carbocycles. The maximum Gasteiger partial charge on any atom is 0.222 e. The highest BCUT2D eigenvalue weighted by Crippen LogP contribution is 2.37. The van der Waals surface area contributed by atoms with Crippen molar-refractivity contribution in [1.29, 1.82) is 0 Å². The molecule has 4 rings (SSSR count). The maximum absolute atomic E-state index is 12.4. The summed E-state index contributed by atoms with van der Waals surface area (Å²) in [5.41, 5.74) is 7.22. The molecule has 1 saturated heterocycles. The summed E-state index contributed by atoms with van der Waals surface area (Å²) in [5.74, 6) is 1.49. The predicted molar refractivity (Wildman–Crippen MR) is 101 cm³/mol. The first kappa shape index (κ1) is 17.6. The van der Waals surface area contributed by atoms with E-state index in [0.717, 1.165) is 42.9 Å². The molecule has 2 fully saturated rings. The van der Waals surface area contributed by atoms with Gasteiger partial charge in [0.25, 0.3) is 0 Å². The van der Waals surface area contributed by atoms with Gasteiger partial charge in [-0.1, -0.05) is 12.1 Å². The number of nitrogens with zero attached hydrogens (tertiary/aromatic N) is 2. The summed E-state index contributed by atoms with van der Waals surface area (Å²) in [4.78, 5) is 19.1. The molecular formula is C18H24ClN3OS. The normalized spacial score (nSPS) is 25.7. The van der Waals surface area contributed by atoms with E-state index in [1.807, 2.05) is 23.1 Å². The highest BCUT2D eigenvalue weighted by molar-refractivity contribution is 7.18. The van der Waals surface area contributed by atoms with Crippen LogP contribution >= 0.6 is 23.7 Å². The number of carbonyl (C=O) groups is 1. The van der Waals surface area contributed by atoms with Crippen LogP contribution in [-0.4, -0.2) is 34.9 Å². The summed E-state index contributed by atoms with van der Waals surface area (Å²) in [6, 6.07) is 8.52. The van der Waals surface area contributed by atoms with Crippen LogP contribution in [0.4, 0.5) is 0 Å². The van der Waals surface area contributed by atoms with Crippen LogP contribution in [0, 0.1) is 11.8 Å². The standard InChI is InChI=1S/C18H23N3OS.ClH/c19-14-9-8-12-10-21(11-13(12)14)18(22)7-3-6-17-20-15-4-1-2-5-16(15)23-17;/h1-2,4-5,12-14H,3,6-11,19H2;1H. The van der Waals surface area contributed by atoms with E-state index in [0.29, 0.717) is 30.2 Å². The van der Waals surface area contributed by atoms with E-state index >= 15 is 0 Å². The number of fused-ring (bicyclic) bond motifs is 2. The Bertz CT molecular complexity index is 686. The van der Waals surface area contributed by atoms with Gasteiger partial charge in [0.2, 0.25) is 5.91 Å². The van der Waals surface area contributed by atoms with Crippen molar-refractivity contribution in [3.8, 4) is 0 Å². The molecule has 1 saturated carbocycles. The van der Waals surface area contributed by atoms with Gasteiger partial charge in [0.05, 0.1) is 15.2 Å². The van der Waals surface area contributed by atoms with Crippen LogP contribution in [-0.2, 0) is 11.2 Å². The number of hydrogen-bond acceptors (Lipinski definition) is 4. The molecule has 1 aromatic heterocycles. The molecule has 3 atom stereocenters. The minimum Gasteiger partial charge on any atom is -0.342 e. The fourth-order valence-corrected chi connectivity index (χ4v) is 5.10. The van der Waals surface area contributed by atoms with Gasteiger partial charge in [0.15, 0.2) is 0 Å². The Kier molecular flexibility index (Phi) is 5.42. The highest BCUT2D eigenvalue weighted by atomic mass is 35.5. The van der Waals surface area contributed by atoms with Crippen molar-refractivity contribution in [2.45, 2.75) is 38.1 Å². The number of halogens is 1. The Morgan fingerprint density at radius 2 is 2.12 bits per heavy atom. The number of hydrogen-bond donors (Lipinski definition) is 1. The number of amides is 1. The van der Waals surface area contributed by atoms with Gasteiger partial charge in [-0.3, -0.25) is 4.79 Å². The lowest BCUT2D eigenvalue weighted by Gasteiger charge is -2.18. The van der Waals surface area contributed by atoms with Crippen LogP contribution in [0.25, 0.3) is 10.2 Å². The quantitative estimate of drug-likeness (QED) is 0.904. The monoisotopic (exact) mass is 365 g/mol. The Morgan fingerprint density at radius 1 is 1.29 bits per heavy atom. The van der Waals surface area contributed by atoms with Gasteiger partial charge in [0.1, 0.15) is 0 Å². The van der Waals surface area contributed by atoms with Gasteiger partial charge in [-0.05, 0) is 49.7 Å². The van der Waals surface area contributed by atoms with Crippen molar-refractivity contribution in [1.82, 2.24) is 9.88 Å². The number of aryl methyl sites for hydroxylation is 1. The topological polar surface area (TPSA) is 59.2 Å². The predicted octanol–water partition coefficient (Wildman–Crippen LogP) is 3.24. The van der Waals surface area contributed by atoms with Crippen molar-refractivity contribution < 1.29 is 4.79 Å². The van der Waals surface area contributed by atoms with Crippen molar-refractivity contribution in [2.75, 3.05) is 13.1 Å². The average Bonchev–Trinajstić information content (AvgIpc) is 3.22. The molecule has 1 amide bonds. The fraction of sp³-hybridized carbons (Fsp3) is 0.556. The molecule has 130 valence electrons. The van der Waals surface area contributed by atoms with E-state index in [4.69, 9.17) is 5.73 Å². The molecule has 24 heavy (non-hydrogen) atoms. The molecule has 0 radical (unpaired) electrons. The first-order valence-corrected chi connectivity index (χ1v) is 9.40. The van der Waals surface area contributed by atoms with Crippen LogP contribution in [0.2, 0.25) is 0 Å². The summed E-state index contributed by atoms with van der Waals surface area (Å²) in [5, 5.41) is 1.14. The molecule has 3 unspecified atom stereocenters. The Labute approximate surface area is 152 Å². The minimum absolute atomic E-state index is 0. The molecule has 0 bridgehead atoms. The molecule has 2 aromatic rings. The molecule has 4 nitrogen and oxygen atoms in total. The third-order valence-corrected chi connectivity index (χ3v) is 6.48. The van der Waals surface area contributed by atoms with Crippen molar-refractivity contribution in [3.05, 3.63) is 29.3 Å². The summed E-state index contributed by atoms with van der Waals surface area (Å²) in [7, 11) is 0. The molecule has 2 aliphatic rings. The molecule has 1 aliphatic heterocycles. The third-order valence-electron chi connectivity index (χ3n) is 5.38. The largest absolute Gasteiger partial charge is 0.342 e. The summed E-state index contributed by atoms with van der Waals surface area (Å²) >= 11 is 1.74. The second kappa shape index (κ2) is 7.38. The fourth-order valence-electron chi connectivity index (χ4n) is 4.09. The number of para-hydroxylation sites is 1. The molecular weight excluding hydrogens is 342 g/mol. The van der Waals surface area contributed by atoms with Crippen LogP contribution in [0.15, 0.2) is 24.3 Å². The maximum atomic E-state index is 12.4. The molecule has 6 heteroatoms. The highest BCUT2D eigenvalue weighted by Gasteiger charge is 2.42. The zero-order chi connectivity index (χ0) is 15.8. The number of thiazole rings is 1. The van der Waals surface area contributed by atoms with Crippen LogP contribution in [0.5, 0.6) is 0 Å². The number of aromatic nitrogens is 1. The van der Waals surface area contributed by atoms with Gasteiger partial charge >= 0.3 is 0 Å². The van der Waals surface area contributed by atoms with Gasteiger partial charge in [0, 0.05) is 25.6 Å². The zero-order valence-electron chi connectivity index (χ0n) is 13.7. The second-order valence-corrected chi connectivity index (χ2v) is 8.01. The lowest BCUT2D eigenvalue weighted by molar-refractivity contribution is -0.130. The van der Waals surface area contributed by atoms with Crippen molar-refractivity contribution >= 4 is 39.9 Å². The molecule has 0 spiro atoms. The van der Waals surface area contributed by atoms with Gasteiger partial charge < -0.3 is 10.6 Å². The summed E-state index contributed by atoms with van der Waals surface area (Å²) in [6.07, 6.45) is 4.74. The van der Waals surface area contributed by atoms with E-state index in [1.165, 1.54) is 11.1 Å². The SMILES string of the molecule is Cl.NC1CCC2CN(C(=O)CCCc3nc4ccccc4s3)CC12. The van der Waals surface area contributed by atoms with Crippen molar-refractivity contribution in [2.24, 2.45) is 17.6 Å². The van der Waals surface area contributed by atoms with Crippen LogP contribution < -0.4 is 5.73 Å². The number of rotatable bonds is 4.